The molecule has 0 bridgehead atoms. The summed E-state index contributed by atoms with van der Waals surface area (Å²) in [5, 5.41) is 0.275. The Balaban J connectivity index is 1.72. The monoisotopic (exact) mass is 461 g/mol. The quantitative estimate of drug-likeness (QED) is 0.404. The van der Waals surface area contributed by atoms with Crippen LogP contribution in [-0.2, 0) is 4.74 Å². The van der Waals surface area contributed by atoms with Crippen LogP contribution in [0.3, 0.4) is 0 Å². The van der Waals surface area contributed by atoms with Gasteiger partial charge in [-0.1, -0.05) is 6.07 Å². The van der Waals surface area contributed by atoms with Crippen LogP contribution in [0.25, 0.3) is 22.3 Å². The molecule has 4 heterocycles. The van der Waals surface area contributed by atoms with Crippen molar-refractivity contribution in [3.8, 4) is 11.4 Å². The molecular formula is C26H25F2N5O. The van der Waals surface area contributed by atoms with Crippen molar-refractivity contribution in [2.45, 2.75) is 13.8 Å². The first kappa shape index (κ1) is 22.2. The largest absolute Gasteiger partial charge is 0.378 e. The minimum absolute atomic E-state index is 0.245. The molecule has 1 aliphatic rings. The van der Waals surface area contributed by atoms with E-state index in [1.807, 2.05) is 43.1 Å². The number of anilines is 3. The van der Waals surface area contributed by atoms with E-state index in [0.29, 0.717) is 36.8 Å². The van der Waals surface area contributed by atoms with Gasteiger partial charge < -0.3 is 14.5 Å². The highest BCUT2D eigenvalue weighted by Crippen LogP contribution is 2.40. The minimum Gasteiger partial charge on any atom is -0.378 e. The van der Waals surface area contributed by atoms with Crippen LogP contribution >= 0.6 is 0 Å². The minimum atomic E-state index is -0.668. The average Bonchev–Trinajstić information content (AvgIpc) is 2.87. The maximum atomic E-state index is 15.2. The number of hydrogen-bond acceptors (Lipinski definition) is 6. The number of benzene rings is 1. The Hall–Kier alpha value is -3.65. The molecule has 1 aliphatic heterocycles. The van der Waals surface area contributed by atoms with E-state index >= 15 is 4.39 Å². The summed E-state index contributed by atoms with van der Waals surface area (Å²) in [5.74, 6) is -1.32. The van der Waals surface area contributed by atoms with Gasteiger partial charge in [-0.3, -0.25) is 9.97 Å². The Kier molecular flexibility index (Phi) is 6.06. The fourth-order valence-corrected chi connectivity index (χ4v) is 4.50. The summed E-state index contributed by atoms with van der Waals surface area (Å²) in [5.41, 5.74) is 4.66. The van der Waals surface area contributed by atoms with Crippen LogP contribution in [0, 0.1) is 18.6 Å². The van der Waals surface area contributed by atoms with E-state index < -0.39 is 11.6 Å². The van der Waals surface area contributed by atoms with Crippen LogP contribution in [0.4, 0.5) is 25.8 Å². The molecule has 0 N–H and O–H groups in total. The molecular weight excluding hydrogens is 436 g/mol. The molecule has 34 heavy (non-hydrogen) atoms. The van der Waals surface area contributed by atoms with Crippen LogP contribution in [0.15, 0.2) is 55.0 Å². The lowest BCUT2D eigenvalue weighted by atomic mass is 10.0. The molecule has 0 saturated carbocycles. The fraction of sp³-hybridized carbons (Fsp3) is 0.269. The van der Waals surface area contributed by atoms with Crippen LogP contribution < -0.4 is 9.80 Å². The second-order valence-electron chi connectivity index (χ2n) is 8.18. The molecule has 0 amide bonds. The number of ether oxygens (including phenoxy) is 1. The van der Waals surface area contributed by atoms with Gasteiger partial charge in [0.15, 0.2) is 0 Å². The average molecular weight is 462 g/mol. The first-order chi connectivity index (χ1) is 16.6. The number of aromatic nitrogens is 3. The summed E-state index contributed by atoms with van der Waals surface area (Å²) in [6.07, 6.45) is 5.27. The number of rotatable bonds is 5. The number of hydrogen-bond donors (Lipinski definition) is 0. The summed E-state index contributed by atoms with van der Waals surface area (Å²) in [6.45, 7) is 7.34. The topological polar surface area (TPSA) is 54.4 Å². The number of pyridine rings is 3. The maximum absolute atomic E-state index is 15.2. The van der Waals surface area contributed by atoms with E-state index in [1.165, 1.54) is 6.07 Å². The predicted molar refractivity (Wildman–Crippen MR) is 130 cm³/mol. The van der Waals surface area contributed by atoms with E-state index in [0.717, 1.165) is 36.1 Å². The van der Waals surface area contributed by atoms with Crippen LogP contribution in [0.5, 0.6) is 0 Å². The summed E-state index contributed by atoms with van der Waals surface area (Å²) in [6, 6.07) is 9.76. The predicted octanol–water partition coefficient (Wildman–Crippen LogP) is 5.27. The third kappa shape index (κ3) is 4.05. The molecule has 0 atom stereocenters. The zero-order valence-corrected chi connectivity index (χ0v) is 19.1. The normalized spacial score (nSPS) is 13.9. The van der Waals surface area contributed by atoms with Gasteiger partial charge in [0.25, 0.3) is 0 Å². The van der Waals surface area contributed by atoms with Gasteiger partial charge in [0, 0.05) is 43.5 Å². The highest BCUT2D eigenvalue weighted by atomic mass is 19.1. The Bertz CT molecular complexity index is 1330. The summed E-state index contributed by atoms with van der Waals surface area (Å²) in [7, 11) is 0. The molecule has 3 aromatic heterocycles. The van der Waals surface area contributed by atoms with Gasteiger partial charge in [-0.05, 0) is 32.0 Å². The lowest BCUT2D eigenvalue weighted by molar-refractivity contribution is 0.122. The fourth-order valence-electron chi connectivity index (χ4n) is 4.50. The summed E-state index contributed by atoms with van der Waals surface area (Å²) >= 11 is 0. The third-order valence-electron chi connectivity index (χ3n) is 6.10. The smallest absolute Gasteiger partial charge is 0.137 e. The van der Waals surface area contributed by atoms with Crippen molar-refractivity contribution in [3.05, 3.63) is 72.2 Å². The van der Waals surface area contributed by atoms with Crippen LogP contribution in [-0.4, -0.2) is 47.8 Å². The Morgan fingerprint density at radius 3 is 2.65 bits per heavy atom. The first-order valence-electron chi connectivity index (χ1n) is 11.3. The van der Waals surface area contributed by atoms with Gasteiger partial charge in [-0.25, -0.2) is 13.8 Å². The molecule has 1 saturated heterocycles. The number of halogens is 2. The van der Waals surface area contributed by atoms with Crippen molar-refractivity contribution in [1.29, 1.82) is 0 Å². The second-order valence-corrected chi connectivity index (χ2v) is 8.18. The van der Waals surface area contributed by atoms with Crippen molar-refractivity contribution in [2.24, 2.45) is 0 Å². The van der Waals surface area contributed by atoms with Crippen molar-refractivity contribution in [3.63, 3.8) is 0 Å². The lowest BCUT2D eigenvalue weighted by Gasteiger charge is -2.31. The molecule has 8 heteroatoms. The Labute approximate surface area is 196 Å². The summed E-state index contributed by atoms with van der Waals surface area (Å²) in [4.78, 5) is 17.8. The molecule has 6 nitrogen and oxygen atoms in total. The highest BCUT2D eigenvalue weighted by molar-refractivity contribution is 5.99. The van der Waals surface area contributed by atoms with E-state index in [4.69, 9.17) is 4.74 Å². The molecule has 0 spiro atoms. The molecule has 1 fully saturated rings. The molecule has 5 rings (SSSR count). The second kappa shape index (κ2) is 9.30. The Morgan fingerprint density at radius 2 is 1.91 bits per heavy atom. The van der Waals surface area contributed by atoms with Crippen molar-refractivity contribution in [2.75, 3.05) is 42.6 Å². The van der Waals surface area contributed by atoms with Gasteiger partial charge >= 0.3 is 0 Å². The van der Waals surface area contributed by atoms with Crippen LogP contribution in [0.1, 0.15) is 12.5 Å². The van der Waals surface area contributed by atoms with E-state index in [1.54, 1.807) is 12.4 Å². The van der Waals surface area contributed by atoms with Crippen molar-refractivity contribution in [1.82, 2.24) is 15.0 Å². The van der Waals surface area contributed by atoms with E-state index in [2.05, 4.69) is 25.9 Å². The van der Waals surface area contributed by atoms with Crippen molar-refractivity contribution >= 4 is 28.0 Å². The Morgan fingerprint density at radius 1 is 1.09 bits per heavy atom. The first-order valence-corrected chi connectivity index (χ1v) is 11.3. The van der Waals surface area contributed by atoms with Gasteiger partial charge in [-0.2, -0.15) is 0 Å². The number of fused-ring (bicyclic) bond motifs is 1. The van der Waals surface area contributed by atoms with E-state index in [9.17, 15) is 4.39 Å². The third-order valence-corrected chi connectivity index (χ3v) is 6.10. The lowest BCUT2D eigenvalue weighted by Crippen LogP contribution is -2.36. The standard InChI is InChI=1S/C26H25F2N5O/c1-3-33(20-14-19(15-29-16-20)32-8-10-34-11-9-32)26-17(2)25(22-6-4-5-7-30-22)31-23-13-18(27)12-21(28)24(23)26/h4-7,12-16H,3,8-11H2,1-2H3. The zero-order valence-electron chi connectivity index (χ0n) is 19.1. The van der Waals surface area contributed by atoms with Crippen molar-refractivity contribution < 1.29 is 13.5 Å². The van der Waals surface area contributed by atoms with E-state index in [-0.39, 0.29) is 10.9 Å². The summed E-state index contributed by atoms with van der Waals surface area (Å²) < 4.78 is 34.9. The van der Waals surface area contributed by atoms with Gasteiger partial charge in [-0.15, -0.1) is 0 Å². The molecule has 0 unspecified atom stereocenters. The van der Waals surface area contributed by atoms with Gasteiger partial charge in [0.05, 0.1) is 65.0 Å². The highest BCUT2D eigenvalue weighted by Gasteiger charge is 2.23. The number of morpholine rings is 1. The van der Waals surface area contributed by atoms with Gasteiger partial charge in [0.2, 0.25) is 0 Å². The molecule has 1 aromatic carbocycles. The number of nitrogens with zero attached hydrogens (tertiary/aromatic N) is 5. The molecule has 0 radical (unpaired) electrons. The SMILES string of the molecule is CCN(c1cncc(N2CCOCC2)c1)c1c(C)c(-c2ccccn2)nc2cc(F)cc(F)c12. The maximum Gasteiger partial charge on any atom is 0.137 e. The van der Waals surface area contributed by atoms with Crippen LogP contribution in [0.2, 0.25) is 0 Å². The molecule has 0 aliphatic carbocycles. The zero-order chi connectivity index (χ0) is 23.7. The molecule has 174 valence electrons. The van der Waals surface area contributed by atoms with Gasteiger partial charge in [0.1, 0.15) is 11.6 Å². The molecule has 4 aromatic rings.